The van der Waals surface area contributed by atoms with Crippen LogP contribution in [0.3, 0.4) is 0 Å². The van der Waals surface area contributed by atoms with Crippen LogP contribution >= 0.6 is 0 Å². The van der Waals surface area contributed by atoms with Gasteiger partial charge in [-0.25, -0.2) is 4.79 Å². The zero-order valence-corrected chi connectivity index (χ0v) is 12.2. The van der Waals surface area contributed by atoms with E-state index in [9.17, 15) is 9.59 Å². The molecule has 1 aliphatic rings. The molecule has 0 N–H and O–H groups in total. The van der Waals surface area contributed by atoms with Crippen LogP contribution in [-0.2, 0) is 9.53 Å². The molecule has 5 heteroatoms. The van der Waals surface area contributed by atoms with E-state index in [1.165, 1.54) is 0 Å². The van der Waals surface area contributed by atoms with Crippen LogP contribution in [0.1, 0.15) is 34.1 Å². The Morgan fingerprint density at radius 3 is 2.28 bits per heavy atom. The molecule has 1 fully saturated rings. The average Bonchev–Trinajstić information content (AvgIpc) is 2.56. The summed E-state index contributed by atoms with van der Waals surface area (Å²) < 4.78 is 5.34. The first-order valence-electron chi connectivity index (χ1n) is 6.34. The van der Waals surface area contributed by atoms with Gasteiger partial charge in [0.25, 0.3) is 0 Å². The minimum atomic E-state index is -0.500. The summed E-state index contributed by atoms with van der Waals surface area (Å²) in [4.78, 5) is 27.2. The van der Waals surface area contributed by atoms with Crippen molar-refractivity contribution in [2.75, 3.05) is 20.6 Å². The molecule has 0 unspecified atom stereocenters. The third-order valence-corrected chi connectivity index (χ3v) is 3.14. The largest absolute Gasteiger partial charge is 0.444 e. The van der Waals surface area contributed by atoms with Gasteiger partial charge >= 0.3 is 6.09 Å². The summed E-state index contributed by atoms with van der Waals surface area (Å²) >= 11 is 0. The molecule has 104 valence electrons. The van der Waals surface area contributed by atoms with E-state index >= 15 is 0 Å². The summed E-state index contributed by atoms with van der Waals surface area (Å²) in [6.07, 6.45) is 0.376. The van der Waals surface area contributed by atoms with E-state index in [-0.39, 0.29) is 24.0 Å². The minimum Gasteiger partial charge on any atom is -0.444 e. The van der Waals surface area contributed by atoms with Crippen molar-refractivity contribution in [2.45, 2.75) is 45.8 Å². The number of likely N-dealkylation sites (tertiary alicyclic amines) is 1. The fourth-order valence-corrected chi connectivity index (χ4v) is 2.18. The van der Waals surface area contributed by atoms with Gasteiger partial charge in [0.2, 0.25) is 5.91 Å². The highest BCUT2D eigenvalue weighted by Crippen LogP contribution is 2.27. The smallest absolute Gasteiger partial charge is 0.410 e. The first kappa shape index (κ1) is 14.8. The van der Waals surface area contributed by atoms with Gasteiger partial charge in [0.15, 0.2) is 0 Å². The van der Waals surface area contributed by atoms with Gasteiger partial charge in [-0.1, -0.05) is 0 Å². The Bertz CT molecular complexity index is 334. The molecule has 18 heavy (non-hydrogen) atoms. The van der Waals surface area contributed by atoms with Gasteiger partial charge in [0.1, 0.15) is 5.60 Å². The monoisotopic (exact) mass is 256 g/mol. The summed E-state index contributed by atoms with van der Waals surface area (Å²) in [7, 11) is 3.48. The van der Waals surface area contributed by atoms with Crippen LogP contribution in [0.25, 0.3) is 0 Å². The average molecular weight is 256 g/mol. The summed E-state index contributed by atoms with van der Waals surface area (Å²) in [5.74, 6) is -0.0407. The molecule has 1 aliphatic heterocycles. The molecule has 0 spiro atoms. The van der Waals surface area contributed by atoms with E-state index in [0.717, 1.165) is 0 Å². The Labute approximate surface area is 109 Å². The lowest BCUT2D eigenvalue weighted by molar-refractivity contribution is -0.133. The van der Waals surface area contributed by atoms with Crippen molar-refractivity contribution in [3.05, 3.63) is 0 Å². The molecule has 2 amide bonds. The number of carbonyl (C=O) groups is 2. The van der Waals surface area contributed by atoms with Crippen LogP contribution < -0.4 is 0 Å². The Morgan fingerprint density at radius 2 is 1.83 bits per heavy atom. The topological polar surface area (TPSA) is 49.9 Å². The Hall–Kier alpha value is -1.26. The standard InChI is InChI=1S/C13H24N2O3/c1-9-10(11(16)14(5)6)7-8-15(9)12(17)18-13(2,3)4/h9-10H,7-8H2,1-6H3/t9-,10-/m0/s1. The van der Waals surface area contributed by atoms with Crippen molar-refractivity contribution in [3.63, 3.8) is 0 Å². The lowest BCUT2D eigenvalue weighted by Gasteiger charge is -2.28. The van der Waals surface area contributed by atoms with E-state index in [4.69, 9.17) is 4.74 Å². The van der Waals surface area contributed by atoms with E-state index in [1.54, 1.807) is 23.9 Å². The highest BCUT2D eigenvalue weighted by Gasteiger charge is 2.40. The number of hydrogen-bond acceptors (Lipinski definition) is 3. The van der Waals surface area contributed by atoms with E-state index in [1.807, 2.05) is 27.7 Å². The molecule has 0 radical (unpaired) electrons. The number of nitrogens with zero attached hydrogens (tertiary/aromatic N) is 2. The summed E-state index contributed by atoms with van der Waals surface area (Å²) in [6.45, 7) is 8.01. The molecule has 0 aliphatic carbocycles. The molecule has 0 aromatic rings. The third-order valence-electron chi connectivity index (χ3n) is 3.14. The first-order chi connectivity index (χ1) is 8.13. The Balaban J connectivity index is 2.67. The van der Waals surface area contributed by atoms with Gasteiger partial charge < -0.3 is 14.5 Å². The molecule has 1 saturated heterocycles. The van der Waals surface area contributed by atoms with Crippen LogP contribution in [0.15, 0.2) is 0 Å². The quantitative estimate of drug-likeness (QED) is 0.717. The van der Waals surface area contributed by atoms with E-state index in [0.29, 0.717) is 13.0 Å². The van der Waals surface area contributed by atoms with E-state index in [2.05, 4.69) is 0 Å². The van der Waals surface area contributed by atoms with Gasteiger partial charge in [-0.3, -0.25) is 4.79 Å². The molecule has 0 aromatic carbocycles. The molecular weight excluding hydrogens is 232 g/mol. The summed E-state index contributed by atoms with van der Waals surface area (Å²) in [5.41, 5.74) is -0.500. The second-order valence-electron chi connectivity index (χ2n) is 6.04. The molecule has 1 heterocycles. The van der Waals surface area contributed by atoms with Gasteiger partial charge in [-0.2, -0.15) is 0 Å². The molecule has 0 aromatic heterocycles. The molecule has 2 atom stereocenters. The number of carbonyl (C=O) groups excluding carboxylic acids is 2. The van der Waals surface area contributed by atoms with Crippen LogP contribution in [-0.4, -0.2) is 54.1 Å². The molecular formula is C13H24N2O3. The SMILES string of the molecule is C[C@H]1[C@@H](C(=O)N(C)C)CCN1C(=O)OC(C)(C)C. The molecule has 0 saturated carbocycles. The van der Waals surface area contributed by atoms with Crippen LogP contribution in [0.4, 0.5) is 4.79 Å². The van der Waals surface area contributed by atoms with Gasteiger partial charge in [0.05, 0.1) is 5.92 Å². The van der Waals surface area contributed by atoms with Gasteiger partial charge in [-0.15, -0.1) is 0 Å². The zero-order valence-electron chi connectivity index (χ0n) is 12.2. The van der Waals surface area contributed by atoms with Crippen molar-refractivity contribution in [1.29, 1.82) is 0 Å². The van der Waals surface area contributed by atoms with Crippen LogP contribution in [0.5, 0.6) is 0 Å². The number of amides is 2. The van der Waals surface area contributed by atoms with Gasteiger partial charge in [0, 0.05) is 26.7 Å². The molecule has 5 nitrogen and oxygen atoms in total. The fraction of sp³-hybridized carbons (Fsp3) is 0.846. The maximum absolute atomic E-state index is 12.0. The normalized spacial score (nSPS) is 24.0. The fourth-order valence-electron chi connectivity index (χ4n) is 2.18. The van der Waals surface area contributed by atoms with Crippen molar-refractivity contribution in [1.82, 2.24) is 9.80 Å². The Kier molecular flexibility index (Phi) is 4.24. The van der Waals surface area contributed by atoms with Crippen LogP contribution in [0.2, 0.25) is 0 Å². The van der Waals surface area contributed by atoms with E-state index < -0.39 is 5.60 Å². The highest BCUT2D eigenvalue weighted by atomic mass is 16.6. The minimum absolute atomic E-state index is 0.0774. The maximum atomic E-state index is 12.0. The van der Waals surface area contributed by atoms with Gasteiger partial charge in [-0.05, 0) is 34.1 Å². The van der Waals surface area contributed by atoms with Crippen LogP contribution in [0, 0.1) is 5.92 Å². The predicted octanol–water partition coefficient (Wildman–Crippen LogP) is 1.72. The third kappa shape index (κ3) is 3.37. The van der Waals surface area contributed by atoms with Crippen molar-refractivity contribution in [3.8, 4) is 0 Å². The maximum Gasteiger partial charge on any atom is 0.410 e. The highest BCUT2D eigenvalue weighted by molar-refractivity contribution is 5.81. The first-order valence-corrected chi connectivity index (χ1v) is 6.34. The summed E-state index contributed by atoms with van der Waals surface area (Å²) in [6, 6.07) is -0.102. The van der Waals surface area contributed by atoms with Crippen molar-refractivity contribution >= 4 is 12.0 Å². The second-order valence-corrected chi connectivity index (χ2v) is 6.04. The second kappa shape index (κ2) is 5.16. The molecule has 1 rings (SSSR count). The molecule has 0 bridgehead atoms. The lowest BCUT2D eigenvalue weighted by Crippen LogP contribution is -2.42. The van der Waals surface area contributed by atoms with Crippen molar-refractivity contribution < 1.29 is 14.3 Å². The number of ether oxygens (including phenoxy) is 1. The predicted molar refractivity (Wildman–Crippen MR) is 69.2 cm³/mol. The number of hydrogen-bond donors (Lipinski definition) is 0. The Morgan fingerprint density at radius 1 is 1.28 bits per heavy atom. The lowest BCUT2D eigenvalue weighted by atomic mass is 10.0. The zero-order chi connectivity index (χ0) is 14.1. The van der Waals surface area contributed by atoms with Crippen molar-refractivity contribution in [2.24, 2.45) is 5.92 Å². The summed E-state index contributed by atoms with van der Waals surface area (Å²) in [5, 5.41) is 0. The number of rotatable bonds is 1.